The van der Waals surface area contributed by atoms with Crippen LogP contribution in [0, 0.1) is 17.7 Å². The highest BCUT2D eigenvalue weighted by molar-refractivity contribution is 5.17. The van der Waals surface area contributed by atoms with Gasteiger partial charge in [-0.25, -0.2) is 8.78 Å². The van der Waals surface area contributed by atoms with Gasteiger partial charge in [0.2, 0.25) is 0 Å². The minimum atomic E-state index is -0.785. The summed E-state index contributed by atoms with van der Waals surface area (Å²) in [6, 6.07) is 5.15. The van der Waals surface area contributed by atoms with Crippen molar-refractivity contribution in [1.29, 1.82) is 0 Å². The van der Waals surface area contributed by atoms with Crippen molar-refractivity contribution in [2.75, 3.05) is 0 Å². The minimum absolute atomic E-state index is 0.340. The summed E-state index contributed by atoms with van der Waals surface area (Å²) < 4.78 is 25.3. The van der Waals surface area contributed by atoms with Gasteiger partial charge in [-0.1, -0.05) is 19.4 Å². The lowest BCUT2D eigenvalue weighted by atomic mass is 10.1. The Morgan fingerprint density at radius 1 is 1.45 bits per heavy atom. The summed E-state index contributed by atoms with van der Waals surface area (Å²) in [5, 5.41) is 0. The average molecular weight is 155 g/mol. The maximum atomic E-state index is 12.8. The molecule has 0 nitrogen and oxygen atoms in total. The number of hydrogen-bond acceptors (Lipinski definition) is 0. The zero-order valence-corrected chi connectivity index (χ0v) is 6.32. The van der Waals surface area contributed by atoms with Gasteiger partial charge in [0, 0.05) is 0 Å². The third-order valence-electron chi connectivity index (χ3n) is 1.46. The van der Waals surface area contributed by atoms with Crippen LogP contribution in [-0.4, -0.2) is 0 Å². The van der Waals surface area contributed by atoms with Gasteiger partial charge in [0.15, 0.2) is 11.6 Å². The molecule has 1 aromatic rings. The van der Waals surface area contributed by atoms with Crippen molar-refractivity contribution in [2.24, 2.45) is 0 Å². The van der Waals surface area contributed by atoms with E-state index in [4.69, 9.17) is 0 Å². The van der Waals surface area contributed by atoms with Gasteiger partial charge < -0.3 is 0 Å². The summed E-state index contributed by atoms with van der Waals surface area (Å²) in [6.07, 6.45) is 1.35. The quantitative estimate of drug-likeness (QED) is 0.616. The summed E-state index contributed by atoms with van der Waals surface area (Å²) in [7, 11) is 0. The van der Waals surface area contributed by atoms with E-state index in [0.717, 1.165) is 12.5 Å². The average Bonchev–Trinajstić information content (AvgIpc) is 1.99. The van der Waals surface area contributed by atoms with Crippen LogP contribution in [0.25, 0.3) is 0 Å². The smallest absolute Gasteiger partial charge is 0.162 e. The first-order valence-electron chi connectivity index (χ1n) is 3.60. The van der Waals surface area contributed by atoms with Gasteiger partial charge in [-0.05, 0) is 24.1 Å². The van der Waals surface area contributed by atoms with Gasteiger partial charge in [-0.3, -0.25) is 0 Å². The van der Waals surface area contributed by atoms with E-state index in [9.17, 15) is 8.78 Å². The largest absolute Gasteiger partial charge is 0.204 e. The standard InChI is InChI=1S/C9H9F2/c1-2-4-7-5-3-6-8(10)9(7)11/h3,6H,2,4H2,1H3. The second-order valence-corrected chi connectivity index (χ2v) is 2.37. The lowest BCUT2D eigenvalue weighted by Gasteiger charge is -1.99. The number of halogens is 2. The van der Waals surface area contributed by atoms with Crippen LogP contribution >= 0.6 is 0 Å². The van der Waals surface area contributed by atoms with Crippen molar-refractivity contribution in [1.82, 2.24) is 0 Å². The van der Waals surface area contributed by atoms with Crippen LogP contribution in [0.15, 0.2) is 12.1 Å². The number of hydrogen-bond donors (Lipinski definition) is 0. The van der Waals surface area contributed by atoms with E-state index < -0.39 is 11.6 Å². The highest BCUT2D eigenvalue weighted by Gasteiger charge is 2.05. The van der Waals surface area contributed by atoms with Crippen LogP contribution in [0.5, 0.6) is 0 Å². The van der Waals surface area contributed by atoms with Gasteiger partial charge in [0.25, 0.3) is 0 Å². The lowest BCUT2D eigenvalue weighted by molar-refractivity contribution is 0.497. The Balaban J connectivity index is 2.96. The van der Waals surface area contributed by atoms with Gasteiger partial charge >= 0.3 is 0 Å². The molecule has 0 fully saturated rings. The Morgan fingerprint density at radius 3 is 2.82 bits per heavy atom. The van der Waals surface area contributed by atoms with Crippen molar-refractivity contribution in [3.63, 3.8) is 0 Å². The molecule has 1 rings (SSSR count). The molecule has 1 aromatic carbocycles. The summed E-state index contributed by atoms with van der Waals surface area (Å²) in [5.41, 5.74) is 0.340. The Labute approximate surface area is 64.9 Å². The first kappa shape index (κ1) is 8.18. The SMILES string of the molecule is CCCc1[c]ccc(F)c1F. The number of aryl methyl sites for hydroxylation is 1. The van der Waals surface area contributed by atoms with Crippen LogP contribution in [-0.2, 0) is 6.42 Å². The molecule has 0 aliphatic rings. The van der Waals surface area contributed by atoms with Crippen molar-refractivity contribution in [3.8, 4) is 0 Å². The monoisotopic (exact) mass is 155 g/mol. The second-order valence-electron chi connectivity index (χ2n) is 2.37. The number of benzene rings is 1. The maximum absolute atomic E-state index is 12.8. The molecule has 0 unspecified atom stereocenters. The molecule has 0 spiro atoms. The fourth-order valence-corrected chi connectivity index (χ4v) is 0.928. The molecule has 11 heavy (non-hydrogen) atoms. The zero-order chi connectivity index (χ0) is 8.27. The molecule has 0 N–H and O–H groups in total. The molecule has 59 valence electrons. The molecule has 0 bridgehead atoms. The van der Waals surface area contributed by atoms with Crippen LogP contribution in [0.3, 0.4) is 0 Å². The van der Waals surface area contributed by atoms with E-state index in [1.165, 1.54) is 6.07 Å². The molecule has 0 amide bonds. The van der Waals surface area contributed by atoms with E-state index in [2.05, 4.69) is 6.07 Å². The predicted octanol–water partition coefficient (Wildman–Crippen LogP) is 2.72. The summed E-state index contributed by atoms with van der Waals surface area (Å²) in [5.74, 6) is -1.54. The molecule has 0 saturated carbocycles. The Hall–Kier alpha value is -0.920. The van der Waals surface area contributed by atoms with Crippen LogP contribution < -0.4 is 0 Å². The maximum Gasteiger partial charge on any atom is 0.162 e. The molecule has 0 aromatic heterocycles. The zero-order valence-electron chi connectivity index (χ0n) is 6.32. The van der Waals surface area contributed by atoms with Gasteiger partial charge in [0.1, 0.15) is 0 Å². The molecule has 0 saturated heterocycles. The molecule has 0 aliphatic carbocycles. The lowest BCUT2D eigenvalue weighted by Crippen LogP contribution is -1.92. The highest BCUT2D eigenvalue weighted by Crippen LogP contribution is 2.11. The van der Waals surface area contributed by atoms with Crippen LogP contribution in [0.1, 0.15) is 18.9 Å². The molecule has 2 heteroatoms. The Kier molecular flexibility index (Phi) is 2.58. The van der Waals surface area contributed by atoms with Crippen LogP contribution in [0.4, 0.5) is 8.78 Å². The highest BCUT2D eigenvalue weighted by atomic mass is 19.2. The predicted molar refractivity (Wildman–Crippen MR) is 39.2 cm³/mol. The van der Waals surface area contributed by atoms with Crippen molar-refractivity contribution < 1.29 is 8.78 Å². The van der Waals surface area contributed by atoms with Crippen molar-refractivity contribution in [2.45, 2.75) is 19.8 Å². The van der Waals surface area contributed by atoms with E-state index in [1.807, 2.05) is 6.92 Å². The van der Waals surface area contributed by atoms with Crippen molar-refractivity contribution >= 4 is 0 Å². The van der Waals surface area contributed by atoms with Crippen molar-refractivity contribution in [3.05, 3.63) is 35.4 Å². The second kappa shape index (κ2) is 3.46. The summed E-state index contributed by atoms with van der Waals surface area (Å²) in [4.78, 5) is 0. The van der Waals surface area contributed by atoms with Gasteiger partial charge in [-0.2, -0.15) is 0 Å². The Bertz CT molecular complexity index is 243. The van der Waals surface area contributed by atoms with Gasteiger partial charge in [0.05, 0.1) is 0 Å². The van der Waals surface area contributed by atoms with E-state index in [-0.39, 0.29) is 0 Å². The molecular weight excluding hydrogens is 146 g/mol. The third kappa shape index (κ3) is 1.76. The first-order chi connectivity index (χ1) is 5.25. The molecule has 0 heterocycles. The topological polar surface area (TPSA) is 0 Å². The molecule has 0 atom stereocenters. The summed E-state index contributed by atoms with van der Waals surface area (Å²) in [6.45, 7) is 1.91. The van der Waals surface area contributed by atoms with E-state index >= 15 is 0 Å². The number of rotatable bonds is 2. The molecular formula is C9H9F2. The summed E-state index contributed by atoms with van der Waals surface area (Å²) >= 11 is 0. The van der Waals surface area contributed by atoms with E-state index in [0.29, 0.717) is 12.0 Å². The fraction of sp³-hybridized carbons (Fsp3) is 0.333. The third-order valence-corrected chi connectivity index (χ3v) is 1.46. The molecule has 1 radical (unpaired) electrons. The van der Waals surface area contributed by atoms with Gasteiger partial charge in [-0.15, -0.1) is 0 Å². The molecule has 0 aliphatic heterocycles. The fourth-order valence-electron chi connectivity index (χ4n) is 0.928. The van der Waals surface area contributed by atoms with E-state index in [1.54, 1.807) is 0 Å². The van der Waals surface area contributed by atoms with Crippen LogP contribution in [0.2, 0.25) is 0 Å². The first-order valence-corrected chi connectivity index (χ1v) is 3.60. The normalized spacial score (nSPS) is 10.1. The minimum Gasteiger partial charge on any atom is -0.204 e. The Morgan fingerprint density at radius 2 is 2.18 bits per heavy atom.